The van der Waals surface area contributed by atoms with Gasteiger partial charge in [-0.2, -0.15) is 0 Å². The summed E-state index contributed by atoms with van der Waals surface area (Å²) in [6.45, 7) is 0. The minimum absolute atomic E-state index is 0.369. The maximum atomic E-state index is 11.0. The van der Waals surface area contributed by atoms with Gasteiger partial charge in [0, 0.05) is 11.5 Å². The third kappa shape index (κ3) is 1.42. The molecule has 0 bridgehead atoms. The van der Waals surface area contributed by atoms with Crippen molar-refractivity contribution in [3.63, 3.8) is 0 Å². The number of benzene rings is 1. The fourth-order valence-electron chi connectivity index (χ4n) is 1.24. The average molecular weight is 255 g/mol. The fourth-order valence-corrected chi connectivity index (χ4v) is 1.84. The van der Waals surface area contributed by atoms with E-state index in [4.69, 9.17) is 9.15 Å². The van der Waals surface area contributed by atoms with Crippen molar-refractivity contribution in [3.8, 4) is 5.75 Å². The molecule has 4 heteroatoms. The second-order valence-corrected chi connectivity index (χ2v) is 3.55. The van der Waals surface area contributed by atoms with Crippen molar-refractivity contribution >= 4 is 26.9 Å². The lowest BCUT2D eigenvalue weighted by molar-refractivity contribution is 0.411. The minimum Gasteiger partial charge on any atom is -0.495 e. The van der Waals surface area contributed by atoms with E-state index in [1.807, 2.05) is 12.1 Å². The average Bonchev–Trinajstić information content (AvgIpc) is 2.20. The molecule has 0 atom stereocenters. The second-order valence-electron chi connectivity index (χ2n) is 2.75. The van der Waals surface area contributed by atoms with Crippen LogP contribution in [0, 0.1) is 0 Å². The highest BCUT2D eigenvalue weighted by Crippen LogP contribution is 2.31. The van der Waals surface area contributed by atoms with Gasteiger partial charge in [0.15, 0.2) is 5.58 Å². The predicted molar refractivity (Wildman–Crippen MR) is 56.7 cm³/mol. The first-order valence-corrected chi connectivity index (χ1v) is 4.78. The predicted octanol–water partition coefficient (Wildman–Crippen LogP) is 2.56. The molecule has 0 aliphatic heterocycles. The van der Waals surface area contributed by atoms with E-state index in [0.717, 1.165) is 5.39 Å². The first-order valence-electron chi connectivity index (χ1n) is 3.99. The summed E-state index contributed by atoms with van der Waals surface area (Å²) in [4.78, 5) is 11.0. The van der Waals surface area contributed by atoms with Crippen molar-refractivity contribution in [1.82, 2.24) is 0 Å². The van der Waals surface area contributed by atoms with Crippen LogP contribution in [0.3, 0.4) is 0 Å². The van der Waals surface area contributed by atoms with Gasteiger partial charge in [-0.1, -0.05) is 0 Å². The molecule has 72 valence electrons. The Balaban J connectivity index is 2.86. The van der Waals surface area contributed by atoms with Crippen LogP contribution in [0.25, 0.3) is 11.0 Å². The molecular weight excluding hydrogens is 248 g/mol. The van der Waals surface area contributed by atoms with Crippen molar-refractivity contribution in [1.29, 1.82) is 0 Å². The highest BCUT2D eigenvalue weighted by Gasteiger charge is 2.07. The molecule has 0 radical (unpaired) electrons. The molecule has 0 N–H and O–H groups in total. The molecule has 0 spiro atoms. The third-order valence-corrected chi connectivity index (χ3v) is 2.66. The number of hydrogen-bond donors (Lipinski definition) is 0. The lowest BCUT2D eigenvalue weighted by Gasteiger charge is -2.04. The quantitative estimate of drug-likeness (QED) is 0.735. The Morgan fingerprint density at radius 2 is 2.00 bits per heavy atom. The Morgan fingerprint density at radius 3 is 2.71 bits per heavy atom. The molecule has 1 heterocycles. The third-order valence-electron chi connectivity index (χ3n) is 1.91. The van der Waals surface area contributed by atoms with Crippen LogP contribution in [0.4, 0.5) is 0 Å². The zero-order valence-corrected chi connectivity index (χ0v) is 9.00. The summed E-state index contributed by atoms with van der Waals surface area (Å²) in [5, 5.41) is 0.859. The molecule has 0 unspecified atom stereocenters. The van der Waals surface area contributed by atoms with Crippen molar-refractivity contribution in [2.45, 2.75) is 0 Å². The zero-order valence-electron chi connectivity index (χ0n) is 7.41. The van der Waals surface area contributed by atoms with E-state index in [1.54, 1.807) is 13.2 Å². The van der Waals surface area contributed by atoms with Crippen LogP contribution in [0.2, 0.25) is 0 Å². The van der Waals surface area contributed by atoms with Crippen molar-refractivity contribution in [2.75, 3.05) is 7.11 Å². The molecule has 0 aliphatic carbocycles. The summed E-state index contributed by atoms with van der Waals surface area (Å²) >= 11 is 3.32. The summed E-state index contributed by atoms with van der Waals surface area (Å²) in [6, 6.07) is 6.75. The number of methoxy groups -OCH3 is 1. The molecule has 1 aromatic carbocycles. The fraction of sp³-hybridized carbons (Fsp3) is 0.100. The SMILES string of the molecule is COc1ccc2ccc(=O)oc2c1Br. The number of rotatable bonds is 1. The maximum Gasteiger partial charge on any atom is 0.336 e. The Labute approximate surface area is 88.4 Å². The second kappa shape index (κ2) is 3.46. The lowest BCUT2D eigenvalue weighted by Crippen LogP contribution is -1.95. The van der Waals surface area contributed by atoms with Gasteiger partial charge in [0.05, 0.1) is 7.11 Å². The van der Waals surface area contributed by atoms with Gasteiger partial charge in [0.25, 0.3) is 0 Å². The molecule has 0 saturated heterocycles. The van der Waals surface area contributed by atoms with E-state index in [-0.39, 0.29) is 5.63 Å². The first-order chi connectivity index (χ1) is 6.72. The maximum absolute atomic E-state index is 11.0. The highest BCUT2D eigenvalue weighted by atomic mass is 79.9. The molecule has 0 saturated carbocycles. The van der Waals surface area contributed by atoms with E-state index in [9.17, 15) is 4.79 Å². The molecule has 2 rings (SSSR count). The van der Waals surface area contributed by atoms with Crippen LogP contribution in [0.1, 0.15) is 0 Å². The number of ether oxygens (including phenoxy) is 1. The molecular formula is C10H7BrO3. The van der Waals surface area contributed by atoms with Crippen LogP contribution in [0.5, 0.6) is 5.75 Å². The normalized spacial score (nSPS) is 10.4. The molecule has 14 heavy (non-hydrogen) atoms. The number of hydrogen-bond acceptors (Lipinski definition) is 3. The van der Waals surface area contributed by atoms with Crippen molar-refractivity contribution in [3.05, 3.63) is 39.2 Å². The van der Waals surface area contributed by atoms with Gasteiger partial charge in [-0.25, -0.2) is 4.79 Å². The molecule has 2 aromatic rings. The molecule has 0 amide bonds. The van der Waals surface area contributed by atoms with Gasteiger partial charge < -0.3 is 9.15 Å². The van der Waals surface area contributed by atoms with Crippen LogP contribution in [0.15, 0.2) is 37.9 Å². The Hall–Kier alpha value is -1.29. The van der Waals surface area contributed by atoms with Gasteiger partial charge in [-0.15, -0.1) is 0 Å². The van der Waals surface area contributed by atoms with Gasteiger partial charge in [0.1, 0.15) is 10.2 Å². The molecule has 0 fully saturated rings. The topological polar surface area (TPSA) is 39.4 Å². The summed E-state index contributed by atoms with van der Waals surface area (Å²) in [5.41, 5.74) is 0.142. The molecule has 1 aromatic heterocycles. The monoisotopic (exact) mass is 254 g/mol. The summed E-state index contributed by atoms with van der Waals surface area (Å²) in [7, 11) is 1.56. The minimum atomic E-state index is -0.369. The van der Waals surface area contributed by atoms with Gasteiger partial charge in [-0.3, -0.25) is 0 Å². The summed E-state index contributed by atoms with van der Waals surface area (Å²) in [6.07, 6.45) is 0. The Morgan fingerprint density at radius 1 is 1.29 bits per heavy atom. The van der Waals surface area contributed by atoms with Gasteiger partial charge in [0.2, 0.25) is 0 Å². The van der Waals surface area contributed by atoms with E-state index in [1.165, 1.54) is 6.07 Å². The smallest absolute Gasteiger partial charge is 0.336 e. The Bertz CT molecular complexity index is 530. The van der Waals surface area contributed by atoms with E-state index < -0.39 is 0 Å². The van der Waals surface area contributed by atoms with Gasteiger partial charge >= 0.3 is 5.63 Å². The first kappa shape index (κ1) is 9.27. The zero-order chi connectivity index (χ0) is 10.1. The molecule has 3 nitrogen and oxygen atoms in total. The lowest BCUT2D eigenvalue weighted by atomic mass is 10.2. The largest absolute Gasteiger partial charge is 0.495 e. The van der Waals surface area contributed by atoms with Gasteiger partial charge in [-0.05, 0) is 34.1 Å². The van der Waals surface area contributed by atoms with E-state index in [2.05, 4.69) is 15.9 Å². The highest BCUT2D eigenvalue weighted by molar-refractivity contribution is 9.10. The summed E-state index contributed by atoms with van der Waals surface area (Å²) in [5.74, 6) is 0.645. The van der Waals surface area contributed by atoms with Crippen molar-refractivity contribution in [2.24, 2.45) is 0 Å². The number of fused-ring (bicyclic) bond motifs is 1. The van der Waals surface area contributed by atoms with Crippen molar-refractivity contribution < 1.29 is 9.15 Å². The number of halogens is 1. The van der Waals surface area contributed by atoms with Crippen LogP contribution in [-0.2, 0) is 0 Å². The van der Waals surface area contributed by atoms with Crippen LogP contribution < -0.4 is 10.4 Å². The van der Waals surface area contributed by atoms with E-state index in [0.29, 0.717) is 15.8 Å². The van der Waals surface area contributed by atoms with Crippen LogP contribution in [-0.4, -0.2) is 7.11 Å². The van der Waals surface area contributed by atoms with E-state index >= 15 is 0 Å². The Kier molecular flexibility index (Phi) is 2.29. The standard InChI is InChI=1S/C10H7BrO3/c1-13-7-4-2-6-3-5-8(12)14-10(6)9(7)11/h2-5H,1H3. The summed E-state index contributed by atoms with van der Waals surface area (Å²) < 4.78 is 10.8. The van der Waals surface area contributed by atoms with Crippen LogP contribution >= 0.6 is 15.9 Å². The molecule has 0 aliphatic rings.